The molecule has 5 saturated carbocycles. The molecule has 0 bridgehead atoms. The molecule has 0 aromatic carbocycles. The predicted octanol–water partition coefficient (Wildman–Crippen LogP) is 7.28. The van der Waals surface area contributed by atoms with Gasteiger partial charge in [-0.3, -0.25) is 4.79 Å². The van der Waals surface area contributed by atoms with Crippen LogP contribution in [0.1, 0.15) is 113 Å². The van der Waals surface area contributed by atoms with Gasteiger partial charge in [0.05, 0.1) is 6.10 Å². The van der Waals surface area contributed by atoms with Crippen molar-refractivity contribution in [1.82, 2.24) is 0 Å². The van der Waals surface area contributed by atoms with Gasteiger partial charge in [-0.15, -0.1) is 0 Å². The van der Waals surface area contributed by atoms with E-state index in [-0.39, 0.29) is 33.7 Å². The molecular formula is C30H50O2. The van der Waals surface area contributed by atoms with Crippen LogP contribution in [0.25, 0.3) is 0 Å². The van der Waals surface area contributed by atoms with Crippen LogP contribution in [0.15, 0.2) is 0 Å². The zero-order chi connectivity index (χ0) is 23.5. The predicted molar refractivity (Wildman–Crippen MR) is 131 cm³/mol. The highest BCUT2D eigenvalue weighted by atomic mass is 16.3. The Hall–Kier alpha value is -0.370. The molecule has 0 aromatic rings. The Kier molecular flexibility index (Phi) is 5.01. The zero-order valence-electron chi connectivity index (χ0n) is 22.3. The summed E-state index contributed by atoms with van der Waals surface area (Å²) in [4.78, 5) is 14.3. The summed E-state index contributed by atoms with van der Waals surface area (Å²) in [6.45, 7) is 19.7. The first-order chi connectivity index (χ1) is 14.7. The molecule has 0 radical (unpaired) electrons. The van der Waals surface area contributed by atoms with Crippen molar-refractivity contribution in [3.8, 4) is 0 Å². The molecule has 2 nitrogen and oxygen atoms in total. The SMILES string of the molecule is C[C@@H]1[C@H]2[C@H]3CC(=O)[C@@H]4[C@@]5(C)CCC(O)C(C)(C)C5CC[C@@]4(C)[C@]3(C)CC[C@@]2(C)CC[C@H]1C. The number of rotatable bonds is 0. The molecular weight excluding hydrogens is 392 g/mol. The molecule has 0 aromatic heterocycles. The number of hydrogen-bond donors (Lipinski definition) is 1. The molecule has 1 N–H and O–H groups in total. The lowest BCUT2D eigenvalue weighted by atomic mass is 9.31. The highest BCUT2D eigenvalue weighted by Gasteiger charge is 2.72. The number of aliphatic hydroxyl groups is 1. The summed E-state index contributed by atoms with van der Waals surface area (Å²) in [6, 6.07) is 0. The minimum Gasteiger partial charge on any atom is -0.393 e. The van der Waals surface area contributed by atoms with E-state index in [1.807, 2.05) is 0 Å². The van der Waals surface area contributed by atoms with Crippen molar-refractivity contribution in [1.29, 1.82) is 0 Å². The second-order valence-electron chi connectivity index (χ2n) is 15.1. The van der Waals surface area contributed by atoms with E-state index in [0.717, 1.165) is 31.1 Å². The summed E-state index contributed by atoms with van der Waals surface area (Å²) in [6.07, 6.45) is 10.2. The molecule has 5 aliphatic rings. The van der Waals surface area contributed by atoms with Crippen molar-refractivity contribution in [3.63, 3.8) is 0 Å². The summed E-state index contributed by atoms with van der Waals surface area (Å²) in [5.74, 6) is 3.96. The molecule has 0 heterocycles. The molecule has 2 heteroatoms. The molecule has 32 heavy (non-hydrogen) atoms. The van der Waals surface area contributed by atoms with E-state index in [1.54, 1.807) is 0 Å². The van der Waals surface area contributed by atoms with Crippen LogP contribution in [0.4, 0.5) is 0 Å². The molecule has 11 atom stereocenters. The average molecular weight is 443 g/mol. The van der Waals surface area contributed by atoms with Crippen LogP contribution in [0.3, 0.4) is 0 Å². The van der Waals surface area contributed by atoms with Crippen LogP contribution >= 0.6 is 0 Å². The quantitative estimate of drug-likeness (QED) is 0.428. The second-order valence-corrected chi connectivity index (χ2v) is 15.1. The third kappa shape index (κ3) is 2.66. The lowest BCUT2D eigenvalue weighted by Gasteiger charge is -2.73. The molecule has 0 saturated heterocycles. The fourth-order valence-electron chi connectivity index (χ4n) is 11.4. The highest BCUT2D eigenvalue weighted by Crippen LogP contribution is 2.76. The Balaban J connectivity index is 1.59. The molecule has 0 spiro atoms. The number of fused-ring (bicyclic) bond motifs is 7. The lowest BCUT2D eigenvalue weighted by Crippen LogP contribution is -2.69. The Morgan fingerprint density at radius 3 is 2.19 bits per heavy atom. The Morgan fingerprint density at radius 2 is 1.50 bits per heavy atom. The molecule has 5 fully saturated rings. The lowest BCUT2D eigenvalue weighted by molar-refractivity contribution is -0.245. The monoisotopic (exact) mass is 442 g/mol. The van der Waals surface area contributed by atoms with Gasteiger partial charge in [0.15, 0.2) is 0 Å². The third-order valence-corrected chi connectivity index (χ3v) is 13.7. The molecule has 182 valence electrons. The van der Waals surface area contributed by atoms with Crippen molar-refractivity contribution < 1.29 is 9.90 Å². The van der Waals surface area contributed by atoms with Gasteiger partial charge in [0.25, 0.3) is 0 Å². The second kappa shape index (κ2) is 6.86. The van der Waals surface area contributed by atoms with Gasteiger partial charge in [0, 0.05) is 12.3 Å². The third-order valence-electron chi connectivity index (χ3n) is 13.7. The smallest absolute Gasteiger partial charge is 0.137 e. The molecule has 0 amide bonds. The van der Waals surface area contributed by atoms with Crippen LogP contribution in [0.2, 0.25) is 0 Å². The van der Waals surface area contributed by atoms with Crippen LogP contribution in [0, 0.1) is 62.6 Å². The molecule has 2 unspecified atom stereocenters. The van der Waals surface area contributed by atoms with Crippen LogP contribution in [0.5, 0.6) is 0 Å². The number of carbonyl (C=O) groups excluding carboxylic acids is 1. The van der Waals surface area contributed by atoms with Crippen LogP contribution < -0.4 is 0 Å². The Morgan fingerprint density at radius 1 is 0.812 bits per heavy atom. The van der Waals surface area contributed by atoms with Crippen molar-refractivity contribution in [2.75, 3.05) is 0 Å². The zero-order valence-corrected chi connectivity index (χ0v) is 22.3. The minimum absolute atomic E-state index is 0.0347. The van der Waals surface area contributed by atoms with E-state index >= 15 is 0 Å². The summed E-state index contributed by atoms with van der Waals surface area (Å²) in [5, 5.41) is 10.9. The Bertz CT molecular complexity index is 801. The van der Waals surface area contributed by atoms with Crippen molar-refractivity contribution >= 4 is 5.78 Å². The maximum Gasteiger partial charge on any atom is 0.137 e. The normalized spacial score (nSPS) is 59.4. The number of hydrogen-bond acceptors (Lipinski definition) is 2. The topological polar surface area (TPSA) is 37.3 Å². The van der Waals surface area contributed by atoms with Crippen molar-refractivity contribution in [3.05, 3.63) is 0 Å². The van der Waals surface area contributed by atoms with E-state index in [4.69, 9.17) is 0 Å². The molecule has 5 aliphatic carbocycles. The summed E-state index contributed by atoms with van der Waals surface area (Å²) >= 11 is 0. The maximum absolute atomic E-state index is 14.3. The van der Waals surface area contributed by atoms with Gasteiger partial charge < -0.3 is 5.11 Å². The maximum atomic E-state index is 14.3. The molecule has 0 aliphatic heterocycles. The van der Waals surface area contributed by atoms with Gasteiger partial charge in [0.1, 0.15) is 5.78 Å². The van der Waals surface area contributed by atoms with Gasteiger partial charge in [0.2, 0.25) is 0 Å². The summed E-state index contributed by atoms with van der Waals surface area (Å²) in [7, 11) is 0. The van der Waals surface area contributed by atoms with Gasteiger partial charge >= 0.3 is 0 Å². The largest absolute Gasteiger partial charge is 0.393 e. The standard InChI is InChI=1S/C30H50O2/c1-18-9-12-27(5)15-16-29(7)20(24(27)19(18)2)17-21(31)25-28(6)13-11-23(32)26(3,4)22(28)10-14-30(25,29)8/h18-20,22-25,32H,9-17H2,1-8H3/t18-,19+,20-,22?,23?,24+,25-,27-,28+,29-,30-/m1/s1. The van der Waals surface area contributed by atoms with E-state index in [2.05, 4.69) is 55.4 Å². The van der Waals surface area contributed by atoms with Crippen LogP contribution in [-0.4, -0.2) is 17.0 Å². The van der Waals surface area contributed by atoms with Gasteiger partial charge in [-0.25, -0.2) is 0 Å². The average Bonchev–Trinajstić information content (AvgIpc) is 2.70. The first-order valence-electron chi connectivity index (χ1n) is 13.9. The van der Waals surface area contributed by atoms with Gasteiger partial charge in [-0.05, 0) is 108 Å². The number of ketones is 1. The number of carbonyl (C=O) groups is 1. The Labute approximate surface area is 197 Å². The fraction of sp³-hybridized carbons (Fsp3) is 0.967. The first-order valence-corrected chi connectivity index (χ1v) is 13.9. The molecule has 5 rings (SSSR count). The first kappa shape index (κ1) is 23.4. The van der Waals surface area contributed by atoms with E-state index in [0.29, 0.717) is 29.0 Å². The highest BCUT2D eigenvalue weighted by molar-refractivity contribution is 5.84. The number of aliphatic hydroxyl groups excluding tert-OH is 1. The fourth-order valence-corrected chi connectivity index (χ4v) is 11.4. The van der Waals surface area contributed by atoms with Gasteiger partial charge in [-0.2, -0.15) is 0 Å². The number of Topliss-reactive ketones (excluding diaryl/α,β-unsaturated/α-hetero) is 1. The minimum atomic E-state index is -0.230. The van der Waals surface area contributed by atoms with Gasteiger partial charge in [-0.1, -0.05) is 55.4 Å². The van der Waals surface area contributed by atoms with E-state index < -0.39 is 0 Å². The van der Waals surface area contributed by atoms with Crippen molar-refractivity contribution in [2.45, 2.75) is 119 Å². The van der Waals surface area contributed by atoms with Crippen molar-refractivity contribution in [2.24, 2.45) is 62.6 Å². The van der Waals surface area contributed by atoms with E-state index in [1.165, 1.54) is 38.5 Å². The summed E-state index contributed by atoms with van der Waals surface area (Å²) in [5.41, 5.74) is 0.725. The summed E-state index contributed by atoms with van der Waals surface area (Å²) < 4.78 is 0. The van der Waals surface area contributed by atoms with Crippen LogP contribution in [-0.2, 0) is 4.79 Å². The van der Waals surface area contributed by atoms with E-state index in [9.17, 15) is 9.90 Å².